The summed E-state index contributed by atoms with van der Waals surface area (Å²) in [5, 5.41) is 4.29. The van der Waals surface area contributed by atoms with Crippen molar-refractivity contribution in [2.45, 2.75) is 43.7 Å². The van der Waals surface area contributed by atoms with Gasteiger partial charge in [-0.3, -0.25) is 4.99 Å². The average molecular weight is 312 g/mol. The molecule has 7 heteroatoms. The molecule has 2 nitrogen and oxygen atoms in total. The van der Waals surface area contributed by atoms with Crippen molar-refractivity contribution in [3.63, 3.8) is 0 Å². The third-order valence-corrected chi connectivity index (χ3v) is 5.48. The Labute approximate surface area is 120 Å². The molecular formula is C12H19F3N2S2. The van der Waals surface area contributed by atoms with Gasteiger partial charge >= 0.3 is 5.51 Å². The average Bonchev–Trinajstić information content (AvgIpc) is 2.66. The Morgan fingerprint density at radius 3 is 3.00 bits per heavy atom. The van der Waals surface area contributed by atoms with Crippen LogP contribution in [0.1, 0.15) is 32.6 Å². The molecule has 110 valence electrons. The number of alkyl halides is 3. The van der Waals surface area contributed by atoms with Gasteiger partial charge in [0, 0.05) is 17.0 Å². The standard InChI is InChI=1S/C12H19F3N2S2/c1-9-3-2-4-11(7-9)8-18-10(17-11)16-5-6-19-12(13,14)15/h9H,2-8H2,1H3,(H,16,17). The molecule has 1 saturated carbocycles. The van der Waals surface area contributed by atoms with E-state index >= 15 is 0 Å². The Bertz CT molecular complexity index is 346. The zero-order valence-electron chi connectivity index (χ0n) is 10.9. The van der Waals surface area contributed by atoms with Crippen molar-refractivity contribution >= 4 is 28.7 Å². The highest BCUT2D eigenvalue weighted by Crippen LogP contribution is 2.38. The zero-order valence-corrected chi connectivity index (χ0v) is 12.6. The minimum absolute atomic E-state index is 0.000292. The molecule has 19 heavy (non-hydrogen) atoms. The monoisotopic (exact) mass is 312 g/mol. The summed E-state index contributed by atoms with van der Waals surface area (Å²) in [6, 6.07) is 0. The fourth-order valence-electron chi connectivity index (χ4n) is 2.80. The zero-order chi connectivity index (χ0) is 13.9. The number of rotatable bonds is 3. The van der Waals surface area contributed by atoms with E-state index in [2.05, 4.69) is 17.2 Å². The number of amidine groups is 1. The normalized spacial score (nSPS) is 33.9. The first-order valence-corrected chi connectivity index (χ1v) is 8.52. The van der Waals surface area contributed by atoms with Crippen LogP contribution in [0.3, 0.4) is 0 Å². The van der Waals surface area contributed by atoms with Crippen molar-refractivity contribution in [3.05, 3.63) is 0 Å². The van der Waals surface area contributed by atoms with E-state index in [1.807, 2.05) is 0 Å². The third kappa shape index (κ3) is 4.77. The third-order valence-electron chi connectivity index (χ3n) is 3.56. The van der Waals surface area contributed by atoms with Gasteiger partial charge in [-0.25, -0.2) is 0 Å². The molecule has 0 aromatic heterocycles. The molecule has 1 saturated heterocycles. The van der Waals surface area contributed by atoms with E-state index < -0.39 is 5.51 Å². The fourth-order valence-corrected chi connectivity index (χ4v) is 4.44. The van der Waals surface area contributed by atoms with Gasteiger partial charge < -0.3 is 5.32 Å². The smallest absolute Gasteiger partial charge is 0.359 e. The molecule has 0 aromatic rings. The summed E-state index contributed by atoms with van der Waals surface area (Å²) >= 11 is 1.66. The van der Waals surface area contributed by atoms with Gasteiger partial charge in [-0.15, -0.1) is 0 Å². The molecule has 2 aliphatic rings. The summed E-state index contributed by atoms with van der Waals surface area (Å²) in [4.78, 5) is 4.25. The van der Waals surface area contributed by atoms with Crippen LogP contribution in [0.25, 0.3) is 0 Å². The lowest BCUT2D eigenvalue weighted by Crippen LogP contribution is -2.47. The van der Waals surface area contributed by atoms with Gasteiger partial charge in [0.05, 0.1) is 6.54 Å². The second-order valence-electron chi connectivity index (χ2n) is 5.38. The van der Waals surface area contributed by atoms with Gasteiger partial charge in [0.2, 0.25) is 0 Å². The molecule has 2 unspecified atom stereocenters. The van der Waals surface area contributed by atoms with E-state index in [4.69, 9.17) is 0 Å². The maximum atomic E-state index is 12.0. The quantitative estimate of drug-likeness (QED) is 0.800. The van der Waals surface area contributed by atoms with Crippen molar-refractivity contribution in [2.75, 3.05) is 18.1 Å². The Hall–Kier alpha value is -0.0400. The van der Waals surface area contributed by atoms with Crippen LogP contribution >= 0.6 is 23.5 Å². The number of thioether (sulfide) groups is 2. The van der Waals surface area contributed by atoms with Crippen molar-refractivity contribution in [1.82, 2.24) is 5.32 Å². The van der Waals surface area contributed by atoms with Gasteiger partial charge in [-0.2, -0.15) is 13.2 Å². The summed E-state index contributed by atoms with van der Waals surface area (Å²) in [6.45, 7) is 2.49. The fraction of sp³-hybridized carbons (Fsp3) is 0.917. The SMILES string of the molecule is CC1CCCC2(CSC(=NCCSC(F)(F)F)N2)C1. The largest absolute Gasteiger partial charge is 0.441 e. The predicted octanol–water partition coefficient (Wildman–Crippen LogP) is 3.88. The Morgan fingerprint density at radius 2 is 2.32 bits per heavy atom. The maximum Gasteiger partial charge on any atom is 0.441 e. The van der Waals surface area contributed by atoms with Crippen LogP contribution in [0.2, 0.25) is 0 Å². The van der Waals surface area contributed by atoms with E-state index in [0.717, 1.165) is 29.7 Å². The summed E-state index contributed by atoms with van der Waals surface area (Å²) in [5.74, 6) is 1.73. The van der Waals surface area contributed by atoms with E-state index in [1.54, 1.807) is 11.8 Å². The highest BCUT2D eigenvalue weighted by Gasteiger charge is 2.40. The Balaban J connectivity index is 1.78. The van der Waals surface area contributed by atoms with Crippen molar-refractivity contribution in [3.8, 4) is 0 Å². The molecule has 1 heterocycles. The summed E-state index contributed by atoms with van der Waals surface area (Å²) in [7, 11) is 0. The molecule has 1 spiro atoms. The van der Waals surface area contributed by atoms with Crippen LogP contribution in [-0.2, 0) is 0 Å². The number of nitrogens with one attached hydrogen (secondary N) is 1. The lowest BCUT2D eigenvalue weighted by Gasteiger charge is -2.36. The number of halogens is 3. The van der Waals surface area contributed by atoms with Crippen LogP contribution in [0.5, 0.6) is 0 Å². The maximum absolute atomic E-state index is 12.0. The van der Waals surface area contributed by atoms with Crippen LogP contribution in [0.4, 0.5) is 13.2 Å². The minimum atomic E-state index is -4.14. The second kappa shape index (κ2) is 6.16. The second-order valence-corrected chi connectivity index (χ2v) is 7.50. The highest BCUT2D eigenvalue weighted by molar-refractivity contribution is 8.14. The molecule has 2 atom stereocenters. The molecule has 0 bridgehead atoms. The first kappa shape index (κ1) is 15.4. The molecule has 0 radical (unpaired) electrons. The van der Waals surface area contributed by atoms with Crippen LogP contribution in [0, 0.1) is 5.92 Å². The van der Waals surface area contributed by atoms with Crippen molar-refractivity contribution in [1.29, 1.82) is 0 Å². The van der Waals surface area contributed by atoms with Gasteiger partial charge in [0.15, 0.2) is 5.17 Å². The van der Waals surface area contributed by atoms with Crippen molar-refractivity contribution in [2.24, 2.45) is 10.9 Å². The molecule has 1 aliphatic heterocycles. The lowest BCUT2D eigenvalue weighted by atomic mass is 9.78. The summed E-state index contributed by atoms with van der Waals surface area (Å²) in [6.07, 6.45) is 4.81. The van der Waals surface area contributed by atoms with Crippen LogP contribution < -0.4 is 5.32 Å². The predicted molar refractivity (Wildman–Crippen MR) is 76.8 cm³/mol. The number of aliphatic imine (C=N–C) groups is 1. The molecule has 1 aliphatic carbocycles. The number of hydrogen-bond acceptors (Lipinski definition) is 3. The molecule has 0 aromatic carbocycles. The Kier molecular flexibility index (Phi) is 4.98. The molecule has 2 rings (SSSR count). The van der Waals surface area contributed by atoms with E-state index in [1.165, 1.54) is 12.8 Å². The van der Waals surface area contributed by atoms with Crippen molar-refractivity contribution < 1.29 is 13.2 Å². The summed E-state index contributed by atoms with van der Waals surface area (Å²) < 4.78 is 35.9. The van der Waals surface area contributed by atoms with E-state index in [-0.39, 0.29) is 29.6 Å². The molecular weight excluding hydrogens is 293 g/mol. The Morgan fingerprint density at radius 1 is 1.53 bits per heavy atom. The topological polar surface area (TPSA) is 24.4 Å². The molecule has 0 amide bonds. The van der Waals surface area contributed by atoms with Gasteiger partial charge in [-0.05, 0) is 30.5 Å². The van der Waals surface area contributed by atoms with Crippen LogP contribution in [0.15, 0.2) is 4.99 Å². The minimum Gasteiger partial charge on any atom is -0.359 e. The van der Waals surface area contributed by atoms with E-state index in [9.17, 15) is 13.2 Å². The van der Waals surface area contributed by atoms with Gasteiger partial charge in [0.25, 0.3) is 0 Å². The first-order valence-electron chi connectivity index (χ1n) is 6.55. The molecule has 2 fully saturated rings. The highest BCUT2D eigenvalue weighted by atomic mass is 32.2. The van der Waals surface area contributed by atoms with Gasteiger partial charge in [0.1, 0.15) is 0 Å². The lowest BCUT2D eigenvalue weighted by molar-refractivity contribution is -0.0327. The van der Waals surface area contributed by atoms with E-state index in [0.29, 0.717) is 0 Å². The van der Waals surface area contributed by atoms with Gasteiger partial charge in [-0.1, -0.05) is 31.5 Å². The first-order chi connectivity index (χ1) is 8.89. The van der Waals surface area contributed by atoms with Crippen LogP contribution in [-0.4, -0.2) is 34.3 Å². The summed E-state index contributed by atoms with van der Waals surface area (Å²) in [5.41, 5.74) is -3.99. The number of nitrogens with zero attached hydrogens (tertiary/aromatic N) is 1. The number of hydrogen-bond donors (Lipinski definition) is 1. The molecule has 1 N–H and O–H groups in total.